The third-order valence-corrected chi connectivity index (χ3v) is 2.11. The largest absolute Gasteiger partial charge is 0.479 e. The van der Waals surface area contributed by atoms with E-state index < -0.39 is 30.5 Å². The van der Waals surface area contributed by atoms with Crippen molar-refractivity contribution in [2.45, 2.75) is 19.2 Å². The first-order valence-electron chi connectivity index (χ1n) is 5.25. The van der Waals surface area contributed by atoms with E-state index >= 15 is 0 Å². The van der Waals surface area contributed by atoms with Crippen LogP contribution >= 0.6 is 0 Å². The van der Waals surface area contributed by atoms with Gasteiger partial charge in [-0.1, -0.05) is 0 Å². The summed E-state index contributed by atoms with van der Waals surface area (Å²) in [6.07, 6.45) is -5.74. The molecule has 0 radical (unpaired) electrons. The maximum atomic E-state index is 12.9. The van der Waals surface area contributed by atoms with Crippen LogP contribution in [0.5, 0.6) is 5.75 Å². The molecule has 0 bridgehead atoms. The molecule has 1 aromatic carbocycles. The van der Waals surface area contributed by atoms with Crippen LogP contribution in [0.1, 0.15) is 6.92 Å². The SMILES string of the molecule is CC(Oc1cc(F)ccc1N)C(=O)NCC(F)(F)F. The lowest BCUT2D eigenvalue weighted by Crippen LogP contribution is -2.41. The summed E-state index contributed by atoms with van der Waals surface area (Å²) in [4.78, 5) is 11.3. The quantitative estimate of drug-likeness (QED) is 0.653. The zero-order valence-corrected chi connectivity index (χ0v) is 9.92. The number of benzene rings is 1. The van der Waals surface area contributed by atoms with E-state index in [9.17, 15) is 22.4 Å². The number of carbonyl (C=O) groups excluding carboxylic acids is 1. The summed E-state index contributed by atoms with van der Waals surface area (Å²) >= 11 is 0. The number of halogens is 4. The summed E-state index contributed by atoms with van der Waals surface area (Å²) in [5, 5.41) is 1.65. The molecule has 1 atom stereocenters. The maximum Gasteiger partial charge on any atom is 0.405 e. The lowest BCUT2D eigenvalue weighted by atomic mass is 10.3. The Hall–Kier alpha value is -1.99. The smallest absolute Gasteiger partial charge is 0.405 e. The minimum absolute atomic E-state index is 0.0804. The lowest BCUT2D eigenvalue weighted by molar-refractivity contribution is -0.142. The van der Waals surface area contributed by atoms with E-state index in [1.165, 1.54) is 13.0 Å². The highest BCUT2D eigenvalue weighted by Gasteiger charge is 2.29. The van der Waals surface area contributed by atoms with E-state index in [4.69, 9.17) is 10.5 Å². The van der Waals surface area contributed by atoms with Crippen LogP contribution in [0.4, 0.5) is 23.2 Å². The van der Waals surface area contributed by atoms with E-state index in [-0.39, 0.29) is 11.4 Å². The van der Waals surface area contributed by atoms with Crippen molar-refractivity contribution in [2.24, 2.45) is 0 Å². The number of nitrogens with two attached hydrogens (primary N) is 1. The highest BCUT2D eigenvalue weighted by Crippen LogP contribution is 2.23. The van der Waals surface area contributed by atoms with Crippen LogP contribution in [0.25, 0.3) is 0 Å². The van der Waals surface area contributed by atoms with Crippen molar-refractivity contribution in [3.05, 3.63) is 24.0 Å². The zero-order valence-electron chi connectivity index (χ0n) is 9.92. The van der Waals surface area contributed by atoms with Crippen molar-refractivity contribution in [1.29, 1.82) is 0 Å². The van der Waals surface area contributed by atoms with E-state index in [1.54, 1.807) is 5.32 Å². The number of nitrogen functional groups attached to an aromatic ring is 1. The second-order valence-electron chi connectivity index (χ2n) is 3.78. The number of alkyl halides is 3. The Morgan fingerprint density at radius 2 is 2.11 bits per heavy atom. The average Bonchev–Trinajstić information content (AvgIpc) is 2.29. The Kier molecular flexibility index (Phi) is 4.57. The van der Waals surface area contributed by atoms with Gasteiger partial charge in [-0.25, -0.2) is 4.39 Å². The number of anilines is 1. The minimum Gasteiger partial charge on any atom is -0.479 e. The van der Waals surface area contributed by atoms with Crippen molar-refractivity contribution in [3.63, 3.8) is 0 Å². The summed E-state index contributed by atoms with van der Waals surface area (Å²) in [5.41, 5.74) is 5.56. The van der Waals surface area contributed by atoms with Gasteiger partial charge in [0.15, 0.2) is 6.10 Å². The Labute approximate surface area is 106 Å². The molecule has 0 fully saturated rings. The summed E-state index contributed by atoms with van der Waals surface area (Å²) < 4.78 is 53.6. The number of ether oxygens (including phenoxy) is 1. The van der Waals surface area contributed by atoms with Gasteiger partial charge in [0.2, 0.25) is 0 Å². The van der Waals surface area contributed by atoms with Gasteiger partial charge in [0.25, 0.3) is 5.91 Å². The van der Waals surface area contributed by atoms with Crippen molar-refractivity contribution in [3.8, 4) is 5.75 Å². The second kappa shape index (κ2) is 5.77. The zero-order chi connectivity index (χ0) is 14.6. The number of hydrogen-bond donors (Lipinski definition) is 2. The van der Waals surface area contributed by atoms with Gasteiger partial charge in [-0.15, -0.1) is 0 Å². The summed E-state index contributed by atoms with van der Waals surface area (Å²) in [6.45, 7) is -0.228. The van der Waals surface area contributed by atoms with Crippen LogP contribution in [-0.2, 0) is 4.79 Å². The summed E-state index contributed by atoms with van der Waals surface area (Å²) in [7, 11) is 0. The molecule has 0 aromatic heterocycles. The standard InChI is InChI=1S/C11H12F4N2O2/c1-6(10(18)17-5-11(13,14)15)19-9-4-7(12)2-3-8(9)16/h2-4,6H,5,16H2,1H3,(H,17,18). The van der Waals surface area contributed by atoms with Crippen LogP contribution in [0, 0.1) is 5.82 Å². The Balaban J connectivity index is 2.61. The van der Waals surface area contributed by atoms with Crippen molar-refractivity contribution in [1.82, 2.24) is 5.32 Å². The first kappa shape index (κ1) is 15.1. The molecular weight excluding hydrogens is 268 g/mol. The fourth-order valence-electron chi connectivity index (χ4n) is 1.19. The van der Waals surface area contributed by atoms with Gasteiger partial charge in [0.1, 0.15) is 18.1 Å². The lowest BCUT2D eigenvalue weighted by Gasteiger charge is -2.16. The molecule has 0 saturated carbocycles. The molecule has 106 valence electrons. The minimum atomic E-state index is -4.51. The van der Waals surface area contributed by atoms with Crippen molar-refractivity contribution in [2.75, 3.05) is 12.3 Å². The molecule has 0 aliphatic heterocycles. The monoisotopic (exact) mass is 280 g/mol. The van der Waals surface area contributed by atoms with E-state index in [0.29, 0.717) is 0 Å². The molecule has 19 heavy (non-hydrogen) atoms. The van der Waals surface area contributed by atoms with E-state index in [2.05, 4.69) is 0 Å². The number of rotatable bonds is 4. The maximum absolute atomic E-state index is 12.9. The molecule has 8 heteroatoms. The summed E-state index contributed by atoms with van der Waals surface area (Å²) in [6, 6.07) is 3.27. The van der Waals surface area contributed by atoms with Gasteiger partial charge in [-0.3, -0.25) is 4.79 Å². The molecule has 0 aliphatic rings. The number of amides is 1. The van der Waals surface area contributed by atoms with Crippen molar-refractivity contribution >= 4 is 11.6 Å². The van der Waals surface area contributed by atoms with Gasteiger partial charge in [-0.05, 0) is 19.1 Å². The number of carbonyl (C=O) groups is 1. The molecule has 0 saturated heterocycles. The Morgan fingerprint density at radius 1 is 1.47 bits per heavy atom. The van der Waals surface area contributed by atoms with Crippen LogP contribution in [0.15, 0.2) is 18.2 Å². The molecule has 1 unspecified atom stereocenters. The topological polar surface area (TPSA) is 64.3 Å². The molecule has 0 aliphatic carbocycles. The predicted molar refractivity (Wildman–Crippen MR) is 60.0 cm³/mol. The van der Waals surface area contributed by atoms with E-state index in [1.807, 2.05) is 0 Å². The highest BCUT2D eigenvalue weighted by molar-refractivity contribution is 5.80. The molecule has 0 heterocycles. The van der Waals surface area contributed by atoms with Crippen LogP contribution in [0.2, 0.25) is 0 Å². The molecule has 1 aromatic rings. The van der Waals surface area contributed by atoms with Crippen LogP contribution in [-0.4, -0.2) is 24.7 Å². The normalized spacial score (nSPS) is 12.9. The van der Waals surface area contributed by atoms with Crippen LogP contribution in [0.3, 0.4) is 0 Å². The predicted octanol–water partition coefficient (Wildman–Crippen LogP) is 1.85. The van der Waals surface area contributed by atoms with Gasteiger partial charge >= 0.3 is 6.18 Å². The van der Waals surface area contributed by atoms with E-state index in [0.717, 1.165) is 12.1 Å². The molecule has 4 nitrogen and oxygen atoms in total. The molecule has 1 rings (SSSR count). The Bertz CT molecular complexity index is 462. The molecule has 1 amide bonds. The van der Waals surface area contributed by atoms with Gasteiger partial charge in [0, 0.05) is 6.07 Å². The van der Waals surface area contributed by atoms with Gasteiger partial charge in [-0.2, -0.15) is 13.2 Å². The molecular formula is C11H12F4N2O2. The number of nitrogens with one attached hydrogen (secondary N) is 1. The third-order valence-electron chi connectivity index (χ3n) is 2.11. The molecule has 3 N–H and O–H groups in total. The summed E-state index contributed by atoms with van der Waals surface area (Å²) in [5.74, 6) is -1.71. The fraction of sp³-hybridized carbons (Fsp3) is 0.364. The van der Waals surface area contributed by atoms with Gasteiger partial charge < -0.3 is 15.8 Å². The van der Waals surface area contributed by atoms with Gasteiger partial charge in [0.05, 0.1) is 5.69 Å². The fourth-order valence-corrected chi connectivity index (χ4v) is 1.19. The first-order valence-corrected chi connectivity index (χ1v) is 5.25. The third kappa shape index (κ3) is 5.02. The number of hydrogen-bond acceptors (Lipinski definition) is 3. The van der Waals surface area contributed by atoms with Crippen molar-refractivity contribution < 1.29 is 27.1 Å². The van der Waals surface area contributed by atoms with Crippen LogP contribution < -0.4 is 15.8 Å². The molecule has 0 spiro atoms. The average molecular weight is 280 g/mol. The first-order chi connectivity index (χ1) is 8.69. The highest BCUT2D eigenvalue weighted by atomic mass is 19.4. The second-order valence-corrected chi connectivity index (χ2v) is 3.78. The Morgan fingerprint density at radius 3 is 2.68 bits per heavy atom.